The highest BCUT2D eigenvalue weighted by Gasteiger charge is 2.41. The smallest absolute Gasteiger partial charge is 0.282 e. The van der Waals surface area contributed by atoms with Gasteiger partial charge in [0.05, 0.1) is 11.3 Å². The van der Waals surface area contributed by atoms with E-state index in [4.69, 9.17) is 11.6 Å². The van der Waals surface area contributed by atoms with Crippen LogP contribution in [-0.2, 0) is 9.59 Å². The Bertz CT molecular complexity index is 1240. The number of carbonyl (C=O) groups is 2. The third kappa shape index (κ3) is 3.64. The molecule has 0 aromatic heterocycles. The Morgan fingerprint density at radius 1 is 0.774 bits per heavy atom. The summed E-state index contributed by atoms with van der Waals surface area (Å²) in [5.41, 5.74) is 6.38. The van der Waals surface area contributed by atoms with Gasteiger partial charge >= 0.3 is 0 Å². The average Bonchev–Trinajstić information content (AvgIpc) is 2.98. The Morgan fingerprint density at radius 3 is 2.16 bits per heavy atom. The quantitative estimate of drug-likeness (QED) is 0.518. The molecular weight excluding hydrogens is 408 g/mol. The zero-order valence-electron chi connectivity index (χ0n) is 17.9. The molecular formula is C26H23ClN2O2. The molecule has 156 valence electrons. The van der Waals surface area contributed by atoms with Crippen LogP contribution in [0.25, 0.3) is 5.57 Å². The largest absolute Gasteiger partial charge is 0.350 e. The molecule has 0 aliphatic carbocycles. The minimum atomic E-state index is -0.381. The molecule has 4 rings (SSSR count). The lowest BCUT2D eigenvalue weighted by Gasteiger charge is -2.19. The third-order valence-electron chi connectivity index (χ3n) is 5.77. The number of hydrogen-bond acceptors (Lipinski definition) is 3. The van der Waals surface area contributed by atoms with Crippen LogP contribution in [0.4, 0.5) is 11.4 Å². The van der Waals surface area contributed by atoms with Gasteiger partial charge < -0.3 is 5.32 Å². The first-order valence-electron chi connectivity index (χ1n) is 10.1. The molecule has 5 heteroatoms. The minimum absolute atomic E-state index is 0.250. The first-order valence-corrected chi connectivity index (χ1v) is 10.5. The lowest BCUT2D eigenvalue weighted by Crippen LogP contribution is -2.33. The predicted molar refractivity (Wildman–Crippen MR) is 126 cm³/mol. The maximum absolute atomic E-state index is 13.6. The number of aryl methyl sites for hydroxylation is 2. The van der Waals surface area contributed by atoms with E-state index in [9.17, 15) is 9.59 Å². The highest BCUT2D eigenvalue weighted by atomic mass is 35.5. The van der Waals surface area contributed by atoms with E-state index in [0.717, 1.165) is 22.3 Å². The summed E-state index contributed by atoms with van der Waals surface area (Å²) in [5.74, 6) is -0.724. The number of amides is 2. The van der Waals surface area contributed by atoms with Crippen molar-refractivity contribution >= 4 is 40.4 Å². The normalized spacial score (nSPS) is 13.9. The van der Waals surface area contributed by atoms with Crippen molar-refractivity contribution in [2.75, 3.05) is 10.2 Å². The number of rotatable bonds is 4. The fraction of sp³-hybridized carbons (Fsp3) is 0.154. The van der Waals surface area contributed by atoms with E-state index in [0.29, 0.717) is 27.5 Å². The number of nitrogens with zero attached hydrogens (tertiary/aromatic N) is 1. The van der Waals surface area contributed by atoms with Crippen molar-refractivity contribution in [3.8, 4) is 0 Å². The second-order valence-corrected chi connectivity index (χ2v) is 8.23. The fourth-order valence-electron chi connectivity index (χ4n) is 3.71. The molecule has 4 nitrogen and oxygen atoms in total. The van der Waals surface area contributed by atoms with Crippen molar-refractivity contribution in [1.82, 2.24) is 0 Å². The molecule has 0 saturated carbocycles. The van der Waals surface area contributed by atoms with E-state index >= 15 is 0 Å². The van der Waals surface area contributed by atoms with Crippen LogP contribution < -0.4 is 10.2 Å². The molecule has 1 N–H and O–H groups in total. The van der Waals surface area contributed by atoms with E-state index in [2.05, 4.69) is 5.32 Å². The molecule has 0 fully saturated rings. The topological polar surface area (TPSA) is 49.4 Å². The van der Waals surface area contributed by atoms with Gasteiger partial charge in [0, 0.05) is 10.7 Å². The van der Waals surface area contributed by atoms with E-state index in [1.165, 1.54) is 4.90 Å². The Kier molecular flexibility index (Phi) is 5.42. The van der Waals surface area contributed by atoms with Crippen molar-refractivity contribution in [1.29, 1.82) is 0 Å². The van der Waals surface area contributed by atoms with Crippen molar-refractivity contribution in [2.45, 2.75) is 27.7 Å². The highest BCUT2D eigenvalue weighted by molar-refractivity contribution is 6.46. The number of halogens is 1. The summed E-state index contributed by atoms with van der Waals surface area (Å²) in [6, 6.07) is 18.7. The lowest BCUT2D eigenvalue weighted by atomic mass is 10.0. The summed E-state index contributed by atoms with van der Waals surface area (Å²) < 4.78 is 0. The van der Waals surface area contributed by atoms with Crippen LogP contribution in [0.2, 0.25) is 5.02 Å². The van der Waals surface area contributed by atoms with Gasteiger partial charge in [0.2, 0.25) is 0 Å². The molecule has 1 heterocycles. The molecule has 31 heavy (non-hydrogen) atoms. The number of carbonyl (C=O) groups excluding carboxylic acids is 2. The molecule has 0 saturated heterocycles. The molecule has 0 bridgehead atoms. The van der Waals surface area contributed by atoms with Gasteiger partial charge in [-0.1, -0.05) is 59.6 Å². The average molecular weight is 431 g/mol. The standard InChI is InChI=1S/C26H23ClN2O2/c1-15-11-13-19(14-12-15)23-24(28-21-9-6-8-20(27)18(21)4)26(31)29(25(23)30)22-10-5-7-16(2)17(22)3/h5-14,28H,1-4H3. The number of nitrogens with one attached hydrogen (secondary N) is 1. The van der Waals surface area contributed by atoms with Crippen LogP contribution in [-0.4, -0.2) is 11.8 Å². The summed E-state index contributed by atoms with van der Waals surface area (Å²) in [5, 5.41) is 3.80. The van der Waals surface area contributed by atoms with Gasteiger partial charge in [-0.15, -0.1) is 0 Å². The number of benzene rings is 3. The molecule has 0 unspecified atom stereocenters. The zero-order chi connectivity index (χ0) is 22.3. The maximum Gasteiger partial charge on any atom is 0.282 e. The molecule has 0 radical (unpaired) electrons. The molecule has 1 aliphatic rings. The number of imide groups is 1. The van der Waals surface area contributed by atoms with Gasteiger partial charge in [-0.2, -0.15) is 0 Å². The van der Waals surface area contributed by atoms with E-state index in [1.807, 2.05) is 76.2 Å². The van der Waals surface area contributed by atoms with Crippen LogP contribution >= 0.6 is 11.6 Å². The molecule has 3 aromatic rings. The Balaban J connectivity index is 1.88. The van der Waals surface area contributed by atoms with E-state index in [-0.39, 0.29) is 17.5 Å². The van der Waals surface area contributed by atoms with Crippen molar-refractivity contribution in [3.63, 3.8) is 0 Å². The zero-order valence-corrected chi connectivity index (χ0v) is 18.7. The van der Waals surface area contributed by atoms with E-state index < -0.39 is 0 Å². The van der Waals surface area contributed by atoms with Gasteiger partial charge in [-0.05, 0) is 68.1 Å². The minimum Gasteiger partial charge on any atom is -0.350 e. The Morgan fingerprint density at radius 2 is 1.45 bits per heavy atom. The second kappa shape index (κ2) is 8.05. The molecule has 1 aliphatic heterocycles. The van der Waals surface area contributed by atoms with Crippen LogP contribution in [0.5, 0.6) is 0 Å². The number of anilines is 2. The summed E-state index contributed by atoms with van der Waals surface area (Å²) in [6.45, 7) is 7.74. The second-order valence-electron chi connectivity index (χ2n) is 7.82. The van der Waals surface area contributed by atoms with Crippen LogP contribution in [0.15, 0.2) is 66.4 Å². The first kappa shape index (κ1) is 20.9. The fourth-order valence-corrected chi connectivity index (χ4v) is 3.88. The molecule has 0 atom stereocenters. The summed E-state index contributed by atoms with van der Waals surface area (Å²) in [4.78, 5) is 28.4. The summed E-state index contributed by atoms with van der Waals surface area (Å²) in [7, 11) is 0. The van der Waals surface area contributed by atoms with Crippen LogP contribution in [0.1, 0.15) is 27.8 Å². The van der Waals surface area contributed by atoms with E-state index in [1.54, 1.807) is 12.1 Å². The van der Waals surface area contributed by atoms with Gasteiger partial charge in [0.1, 0.15) is 5.70 Å². The van der Waals surface area contributed by atoms with Crippen LogP contribution in [0, 0.1) is 27.7 Å². The maximum atomic E-state index is 13.6. The Hall–Kier alpha value is -3.37. The molecule has 3 aromatic carbocycles. The predicted octanol–water partition coefficient (Wildman–Crippen LogP) is 5.97. The van der Waals surface area contributed by atoms with Crippen molar-refractivity contribution in [2.24, 2.45) is 0 Å². The van der Waals surface area contributed by atoms with Gasteiger partial charge in [0.15, 0.2) is 0 Å². The Labute approximate surface area is 187 Å². The lowest BCUT2D eigenvalue weighted by molar-refractivity contribution is -0.120. The monoisotopic (exact) mass is 430 g/mol. The third-order valence-corrected chi connectivity index (χ3v) is 6.18. The van der Waals surface area contributed by atoms with Gasteiger partial charge in [-0.3, -0.25) is 9.59 Å². The van der Waals surface area contributed by atoms with Crippen molar-refractivity contribution < 1.29 is 9.59 Å². The first-order chi connectivity index (χ1) is 14.8. The summed E-state index contributed by atoms with van der Waals surface area (Å²) in [6.07, 6.45) is 0. The van der Waals surface area contributed by atoms with Crippen molar-refractivity contribution in [3.05, 3.63) is 99.2 Å². The highest BCUT2D eigenvalue weighted by Crippen LogP contribution is 2.36. The van der Waals surface area contributed by atoms with Crippen LogP contribution in [0.3, 0.4) is 0 Å². The number of hydrogen-bond donors (Lipinski definition) is 1. The molecule has 0 spiro atoms. The van der Waals surface area contributed by atoms with Gasteiger partial charge in [0.25, 0.3) is 11.8 Å². The molecule has 2 amide bonds. The van der Waals surface area contributed by atoms with Gasteiger partial charge in [-0.25, -0.2) is 4.90 Å². The SMILES string of the molecule is Cc1ccc(C2=C(Nc3cccc(Cl)c3C)C(=O)N(c3cccc(C)c3C)C2=O)cc1. The summed E-state index contributed by atoms with van der Waals surface area (Å²) >= 11 is 6.28.